The SMILES string of the molecule is CC(C)c1noc([C@@H](C)NC(=O)CCn2ccnc2)n1. The molecule has 0 aliphatic carbocycles. The van der Waals surface area contributed by atoms with Crippen molar-refractivity contribution in [3.63, 3.8) is 0 Å². The Morgan fingerprint density at radius 3 is 2.85 bits per heavy atom. The Hall–Kier alpha value is -2.18. The van der Waals surface area contributed by atoms with E-state index in [9.17, 15) is 4.79 Å². The Labute approximate surface area is 117 Å². The van der Waals surface area contributed by atoms with Gasteiger partial charge < -0.3 is 14.4 Å². The van der Waals surface area contributed by atoms with Crippen molar-refractivity contribution in [3.05, 3.63) is 30.4 Å². The van der Waals surface area contributed by atoms with E-state index in [0.717, 1.165) is 0 Å². The molecule has 0 saturated carbocycles. The largest absolute Gasteiger partial charge is 0.345 e. The lowest BCUT2D eigenvalue weighted by Gasteiger charge is -2.09. The Morgan fingerprint density at radius 2 is 2.25 bits per heavy atom. The highest BCUT2D eigenvalue weighted by Crippen LogP contribution is 2.14. The van der Waals surface area contributed by atoms with Crippen LogP contribution in [0.15, 0.2) is 23.2 Å². The molecule has 2 aromatic rings. The molecule has 0 fully saturated rings. The van der Waals surface area contributed by atoms with E-state index in [1.54, 1.807) is 12.5 Å². The first kappa shape index (κ1) is 14.2. The number of hydrogen-bond acceptors (Lipinski definition) is 5. The van der Waals surface area contributed by atoms with Gasteiger partial charge in [0.25, 0.3) is 0 Å². The van der Waals surface area contributed by atoms with Crippen LogP contribution in [-0.2, 0) is 11.3 Å². The number of nitrogens with one attached hydrogen (secondary N) is 1. The van der Waals surface area contributed by atoms with Gasteiger partial charge in [0.1, 0.15) is 6.04 Å². The van der Waals surface area contributed by atoms with Gasteiger partial charge in [-0.05, 0) is 6.92 Å². The fourth-order valence-electron chi connectivity index (χ4n) is 1.68. The standard InChI is InChI=1S/C13H19N5O2/c1-9(2)12-16-13(20-17-12)10(3)15-11(19)4-6-18-7-5-14-8-18/h5,7-10H,4,6H2,1-3H3,(H,15,19)/t10-/m1/s1. The highest BCUT2D eigenvalue weighted by Gasteiger charge is 2.17. The molecule has 0 saturated heterocycles. The molecule has 20 heavy (non-hydrogen) atoms. The van der Waals surface area contributed by atoms with E-state index in [-0.39, 0.29) is 17.9 Å². The average Bonchev–Trinajstić information content (AvgIpc) is 3.07. The molecule has 1 N–H and O–H groups in total. The fourth-order valence-corrected chi connectivity index (χ4v) is 1.68. The summed E-state index contributed by atoms with van der Waals surface area (Å²) in [6, 6.07) is -0.287. The summed E-state index contributed by atoms with van der Waals surface area (Å²) in [5.41, 5.74) is 0. The molecular formula is C13H19N5O2. The molecule has 1 amide bonds. The van der Waals surface area contributed by atoms with Gasteiger partial charge in [-0.3, -0.25) is 4.79 Å². The lowest BCUT2D eigenvalue weighted by molar-refractivity contribution is -0.122. The molecule has 7 nitrogen and oxygen atoms in total. The number of aromatic nitrogens is 4. The molecule has 0 bridgehead atoms. The van der Waals surface area contributed by atoms with Gasteiger partial charge in [-0.1, -0.05) is 19.0 Å². The lowest BCUT2D eigenvalue weighted by Crippen LogP contribution is -2.27. The number of nitrogens with zero attached hydrogens (tertiary/aromatic N) is 4. The normalized spacial score (nSPS) is 12.6. The maximum absolute atomic E-state index is 11.8. The van der Waals surface area contributed by atoms with Crippen molar-refractivity contribution in [1.82, 2.24) is 25.0 Å². The Balaban J connectivity index is 1.83. The maximum atomic E-state index is 11.8. The molecule has 2 rings (SSSR count). The second-order valence-corrected chi connectivity index (χ2v) is 4.99. The van der Waals surface area contributed by atoms with Gasteiger partial charge in [0, 0.05) is 31.3 Å². The first-order valence-electron chi connectivity index (χ1n) is 6.65. The van der Waals surface area contributed by atoms with Crippen LogP contribution < -0.4 is 5.32 Å². The highest BCUT2D eigenvalue weighted by molar-refractivity contribution is 5.76. The topological polar surface area (TPSA) is 85.8 Å². The number of hydrogen-bond donors (Lipinski definition) is 1. The van der Waals surface area contributed by atoms with E-state index in [1.165, 1.54) is 0 Å². The van der Waals surface area contributed by atoms with Crippen molar-refractivity contribution in [2.24, 2.45) is 0 Å². The van der Waals surface area contributed by atoms with Gasteiger partial charge in [0.05, 0.1) is 6.33 Å². The predicted molar refractivity (Wildman–Crippen MR) is 71.8 cm³/mol. The molecule has 1 atom stereocenters. The first-order valence-corrected chi connectivity index (χ1v) is 6.65. The molecular weight excluding hydrogens is 258 g/mol. The fraction of sp³-hybridized carbons (Fsp3) is 0.538. The summed E-state index contributed by atoms with van der Waals surface area (Å²) in [5, 5.41) is 6.72. The van der Waals surface area contributed by atoms with Crippen LogP contribution in [0.1, 0.15) is 50.9 Å². The van der Waals surface area contributed by atoms with Crippen molar-refractivity contribution < 1.29 is 9.32 Å². The quantitative estimate of drug-likeness (QED) is 0.867. The van der Waals surface area contributed by atoms with Gasteiger partial charge in [-0.25, -0.2) is 4.98 Å². The van der Waals surface area contributed by atoms with E-state index in [2.05, 4.69) is 20.4 Å². The van der Waals surface area contributed by atoms with Gasteiger partial charge >= 0.3 is 0 Å². The highest BCUT2D eigenvalue weighted by atomic mass is 16.5. The summed E-state index contributed by atoms with van der Waals surface area (Å²) in [6.45, 7) is 6.40. The minimum atomic E-state index is -0.287. The first-order chi connectivity index (χ1) is 9.56. The summed E-state index contributed by atoms with van der Waals surface area (Å²) in [5.74, 6) is 1.23. The van der Waals surface area contributed by atoms with Gasteiger partial charge in [0.2, 0.25) is 11.8 Å². The third-order valence-electron chi connectivity index (χ3n) is 2.88. The molecule has 2 aromatic heterocycles. The summed E-state index contributed by atoms with van der Waals surface area (Å²) in [6.07, 6.45) is 5.57. The van der Waals surface area contributed by atoms with E-state index in [4.69, 9.17) is 4.52 Å². The molecule has 0 radical (unpaired) electrons. The Bertz CT molecular complexity index is 547. The average molecular weight is 277 g/mol. The molecule has 7 heteroatoms. The van der Waals surface area contributed by atoms with Gasteiger partial charge in [-0.2, -0.15) is 4.98 Å². The van der Waals surface area contributed by atoms with Crippen LogP contribution in [0.4, 0.5) is 0 Å². The summed E-state index contributed by atoms with van der Waals surface area (Å²) < 4.78 is 7.00. The van der Waals surface area contributed by atoms with Crippen molar-refractivity contribution in [2.45, 2.75) is 45.7 Å². The minimum absolute atomic E-state index is 0.0597. The number of carbonyl (C=O) groups excluding carboxylic acids is 1. The van der Waals surface area contributed by atoms with Crippen molar-refractivity contribution in [3.8, 4) is 0 Å². The zero-order valence-electron chi connectivity index (χ0n) is 11.9. The zero-order chi connectivity index (χ0) is 14.5. The minimum Gasteiger partial charge on any atom is -0.345 e. The van der Waals surface area contributed by atoms with Crippen LogP contribution >= 0.6 is 0 Å². The van der Waals surface area contributed by atoms with E-state index >= 15 is 0 Å². The maximum Gasteiger partial charge on any atom is 0.248 e. The molecule has 0 aliphatic heterocycles. The van der Waals surface area contributed by atoms with Crippen LogP contribution in [0, 0.1) is 0 Å². The molecule has 0 aromatic carbocycles. The predicted octanol–water partition coefficient (Wildman–Crippen LogP) is 1.66. The van der Waals surface area contributed by atoms with Crippen molar-refractivity contribution in [1.29, 1.82) is 0 Å². The number of rotatable bonds is 6. The molecule has 0 aliphatic rings. The smallest absolute Gasteiger partial charge is 0.248 e. The molecule has 108 valence electrons. The molecule has 0 unspecified atom stereocenters. The molecule has 2 heterocycles. The zero-order valence-corrected chi connectivity index (χ0v) is 11.9. The second-order valence-electron chi connectivity index (χ2n) is 4.99. The van der Waals surface area contributed by atoms with Gasteiger partial charge in [-0.15, -0.1) is 0 Å². The van der Waals surface area contributed by atoms with Crippen molar-refractivity contribution in [2.75, 3.05) is 0 Å². The number of carbonyl (C=O) groups is 1. The number of aryl methyl sites for hydroxylation is 1. The second kappa shape index (κ2) is 6.31. The lowest BCUT2D eigenvalue weighted by atomic mass is 10.2. The third kappa shape index (κ3) is 3.66. The number of amides is 1. The third-order valence-corrected chi connectivity index (χ3v) is 2.88. The van der Waals surface area contributed by atoms with Crippen LogP contribution in [0.3, 0.4) is 0 Å². The van der Waals surface area contributed by atoms with E-state index in [1.807, 2.05) is 31.5 Å². The van der Waals surface area contributed by atoms with Crippen LogP contribution in [0.5, 0.6) is 0 Å². The van der Waals surface area contributed by atoms with Crippen LogP contribution in [0.2, 0.25) is 0 Å². The van der Waals surface area contributed by atoms with E-state index in [0.29, 0.717) is 24.7 Å². The number of imidazole rings is 1. The summed E-state index contributed by atoms with van der Waals surface area (Å²) >= 11 is 0. The molecule has 0 spiro atoms. The Morgan fingerprint density at radius 1 is 1.45 bits per heavy atom. The monoisotopic (exact) mass is 277 g/mol. The van der Waals surface area contributed by atoms with Crippen molar-refractivity contribution >= 4 is 5.91 Å². The van der Waals surface area contributed by atoms with Crippen LogP contribution in [0.25, 0.3) is 0 Å². The van der Waals surface area contributed by atoms with E-state index < -0.39 is 0 Å². The summed E-state index contributed by atoms with van der Waals surface area (Å²) in [7, 11) is 0. The van der Waals surface area contributed by atoms with Crippen LogP contribution in [-0.4, -0.2) is 25.6 Å². The Kier molecular flexibility index (Phi) is 4.49. The van der Waals surface area contributed by atoms with Gasteiger partial charge in [0.15, 0.2) is 5.82 Å². The summed E-state index contributed by atoms with van der Waals surface area (Å²) in [4.78, 5) is 20.0.